The molecule has 178 valence electrons. The normalized spacial score (nSPS) is 20.0. The SMILES string of the molecule is Cc1cc(Cl)ccc1C1c2c(nn(CC3CCCN3)c2C(C)C)C(=O)N1c1cc(Cl)ccc1C. The van der Waals surface area contributed by atoms with Crippen LogP contribution in [0.15, 0.2) is 36.4 Å². The third-order valence-electron chi connectivity index (χ3n) is 7.04. The quantitative estimate of drug-likeness (QED) is 0.442. The number of nitrogens with zero attached hydrogens (tertiary/aromatic N) is 3. The number of carbonyl (C=O) groups is 1. The predicted octanol–water partition coefficient (Wildman–Crippen LogP) is 6.43. The Morgan fingerprint density at radius 2 is 1.82 bits per heavy atom. The summed E-state index contributed by atoms with van der Waals surface area (Å²) < 4.78 is 2.08. The molecule has 1 amide bonds. The zero-order valence-electron chi connectivity index (χ0n) is 20.0. The lowest BCUT2D eigenvalue weighted by atomic mass is 9.91. The highest BCUT2D eigenvalue weighted by Gasteiger charge is 2.45. The van der Waals surface area contributed by atoms with Crippen LogP contribution in [-0.4, -0.2) is 28.3 Å². The summed E-state index contributed by atoms with van der Waals surface area (Å²) in [5.74, 6) is 0.126. The van der Waals surface area contributed by atoms with Crippen LogP contribution in [0.5, 0.6) is 0 Å². The second kappa shape index (κ2) is 9.03. The van der Waals surface area contributed by atoms with Crippen LogP contribution in [0.2, 0.25) is 10.0 Å². The van der Waals surface area contributed by atoms with E-state index in [4.69, 9.17) is 28.3 Å². The van der Waals surface area contributed by atoms with Crippen molar-refractivity contribution in [3.05, 3.63) is 80.1 Å². The highest BCUT2D eigenvalue weighted by molar-refractivity contribution is 6.31. The first kappa shape index (κ1) is 23.4. The number of hydrogen-bond acceptors (Lipinski definition) is 3. The third kappa shape index (κ3) is 3.94. The number of amides is 1. The number of rotatable bonds is 5. The molecule has 34 heavy (non-hydrogen) atoms. The first-order chi connectivity index (χ1) is 16.3. The van der Waals surface area contributed by atoms with E-state index in [9.17, 15) is 4.79 Å². The molecule has 5 nitrogen and oxygen atoms in total. The van der Waals surface area contributed by atoms with Crippen molar-refractivity contribution in [2.24, 2.45) is 0 Å². The van der Waals surface area contributed by atoms with Gasteiger partial charge in [-0.15, -0.1) is 0 Å². The number of anilines is 1. The van der Waals surface area contributed by atoms with E-state index in [0.29, 0.717) is 21.8 Å². The minimum absolute atomic E-state index is 0.0836. The molecule has 0 spiro atoms. The van der Waals surface area contributed by atoms with Crippen molar-refractivity contribution in [1.29, 1.82) is 0 Å². The molecule has 2 aromatic carbocycles. The van der Waals surface area contributed by atoms with Crippen molar-refractivity contribution in [3.63, 3.8) is 0 Å². The zero-order valence-corrected chi connectivity index (χ0v) is 21.5. The van der Waals surface area contributed by atoms with Gasteiger partial charge in [0.05, 0.1) is 12.6 Å². The van der Waals surface area contributed by atoms with Crippen molar-refractivity contribution >= 4 is 34.8 Å². The van der Waals surface area contributed by atoms with Crippen molar-refractivity contribution in [2.75, 3.05) is 11.4 Å². The van der Waals surface area contributed by atoms with Crippen LogP contribution in [0.25, 0.3) is 0 Å². The van der Waals surface area contributed by atoms with Crippen LogP contribution in [0.1, 0.15) is 77.1 Å². The fourth-order valence-corrected chi connectivity index (χ4v) is 5.87. The Labute approximate surface area is 211 Å². The summed E-state index contributed by atoms with van der Waals surface area (Å²) >= 11 is 12.7. The molecule has 1 fully saturated rings. The summed E-state index contributed by atoms with van der Waals surface area (Å²) in [6.07, 6.45) is 2.31. The minimum Gasteiger partial charge on any atom is -0.312 e. The van der Waals surface area contributed by atoms with Crippen LogP contribution < -0.4 is 10.2 Å². The molecule has 3 heterocycles. The van der Waals surface area contributed by atoms with E-state index in [-0.39, 0.29) is 17.9 Å². The van der Waals surface area contributed by atoms with Gasteiger partial charge < -0.3 is 5.32 Å². The van der Waals surface area contributed by atoms with Crippen molar-refractivity contribution in [1.82, 2.24) is 15.1 Å². The molecular weight excluding hydrogens is 467 g/mol. The highest BCUT2D eigenvalue weighted by Crippen LogP contribution is 2.47. The predicted molar refractivity (Wildman–Crippen MR) is 138 cm³/mol. The smallest absolute Gasteiger partial charge is 0.280 e. The van der Waals surface area contributed by atoms with E-state index in [2.05, 4.69) is 30.8 Å². The summed E-state index contributed by atoms with van der Waals surface area (Å²) in [4.78, 5) is 15.9. The summed E-state index contributed by atoms with van der Waals surface area (Å²) in [5, 5.41) is 9.79. The molecule has 2 unspecified atom stereocenters. The highest BCUT2D eigenvalue weighted by atomic mass is 35.5. The van der Waals surface area contributed by atoms with E-state index in [1.54, 1.807) is 0 Å². The lowest BCUT2D eigenvalue weighted by Gasteiger charge is -2.30. The number of carbonyl (C=O) groups excluding carboxylic acids is 1. The molecule has 7 heteroatoms. The van der Waals surface area contributed by atoms with Gasteiger partial charge in [-0.2, -0.15) is 5.10 Å². The number of aromatic nitrogens is 2. The van der Waals surface area contributed by atoms with Gasteiger partial charge >= 0.3 is 0 Å². The molecular formula is C27H30Cl2N4O. The fraction of sp³-hybridized carbons (Fsp3) is 0.407. The topological polar surface area (TPSA) is 50.2 Å². The number of fused-ring (bicyclic) bond motifs is 1. The Kier molecular flexibility index (Phi) is 6.21. The van der Waals surface area contributed by atoms with Crippen LogP contribution in [0, 0.1) is 13.8 Å². The molecule has 2 aliphatic rings. The second-order valence-electron chi connectivity index (χ2n) is 9.79. The Morgan fingerprint density at radius 3 is 2.50 bits per heavy atom. The van der Waals surface area contributed by atoms with Gasteiger partial charge in [0.2, 0.25) is 0 Å². The summed E-state index contributed by atoms with van der Waals surface area (Å²) in [6, 6.07) is 11.7. The molecule has 0 bridgehead atoms. The number of hydrogen-bond donors (Lipinski definition) is 1. The molecule has 1 aromatic heterocycles. The number of nitrogens with one attached hydrogen (secondary N) is 1. The first-order valence-corrected chi connectivity index (χ1v) is 12.7. The standard InChI is InChI=1S/C27H30Cl2N4O/c1-15(2)25-23-24(31-32(25)14-20-6-5-11-30-20)27(34)33(22-13-19(29)8-7-16(22)3)26(23)21-10-9-18(28)12-17(21)4/h7-10,12-13,15,20,26,30H,5-6,11,14H2,1-4H3. The average molecular weight is 497 g/mol. The molecule has 0 saturated carbocycles. The van der Waals surface area contributed by atoms with Crippen LogP contribution in [0.4, 0.5) is 5.69 Å². The molecule has 0 radical (unpaired) electrons. The lowest BCUT2D eigenvalue weighted by Crippen LogP contribution is -2.33. The van der Waals surface area contributed by atoms with E-state index in [1.807, 2.05) is 48.2 Å². The summed E-state index contributed by atoms with van der Waals surface area (Å²) in [5.41, 5.74) is 6.57. The Balaban J connectivity index is 1.73. The molecule has 3 aromatic rings. The van der Waals surface area contributed by atoms with Crippen LogP contribution in [0.3, 0.4) is 0 Å². The Morgan fingerprint density at radius 1 is 1.09 bits per heavy atom. The molecule has 1 saturated heterocycles. The van der Waals surface area contributed by atoms with E-state index in [1.165, 1.54) is 6.42 Å². The number of benzene rings is 2. The van der Waals surface area contributed by atoms with Gasteiger partial charge in [0.25, 0.3) is 5.91 Å². The van der Waals surface area contributed by atoms with Gasteiger partial charge in [-0.1, -0.05) is 49.2 Å². The molecule has 1 N–H and O–H groups in total. The minimum atomic E-state index is -0.292. The van der Waals surface area contributed by atoms with Gasteiger partial charge in [0.15, 0.2) is 5.69 Å². The molecule has 2 atom stereocenters. The third-order valence-corrected chi connectivity index (χ3v) is 7.51. The van der Waals surface area contributed by atoms with E-state index < -0.39 is 0 Å². The van der Waals surface area contributed by atoms with Gasteiger partial charge in [-0.25, -0.2) is 0 Å². The fourth-order valence-electron chi connectivity index (χ4n) is 5.48. The molecule has 2 aliphatic heterocycles. The summed E-state index contributed by atoms with van der Waals surface area (Å²) in [6.45, 7) is 10.2. The molecule has 0 aliphatic carbocycles. The maximum Gasteiger partial charge on any atom is 0.280 e. The zero-order chi connectivity index (χ0) is 24.1. The van der Waals surface area contributed by atoms with Gasteiger partial charge in [0, 0.05) is 33.0 Å². The molecule has 5 rings (SSSR count). The van der Waals surface area contributed by atoms with Gasteiger partial charge in [-0.3, -0.25) is 14.4 Å². The van der Waals surface area contributed by atoms with Crippen LogP contribution >= 0.6 is 23.2 Å². The maximum atomic E-state index is 14.0. The van der Waals surface area contributed by atoms with Crippen molar-refractivity contribution in [3.8, 4) is 0 Å². The Hall–Kier alpha value is -2.34. The van der Waals surface area contributed by atoms with Gasteiger partial charge in [-0.05, 0) is 80.1 Å². The van der Waals surface area contributed by atoms with Crippen molar-refractivity contribution in [2.45, 2.75) is 65.1 Å². The van der Waals surface area contributed by atoms with E-state index >= 15 is 0 Å². The first-order valence-electron chi connectivity index (χ1n) is 12.0. The van der Waals surface area contributed by atoms with Crippen molar-refractivity contribution < 1.29 is 4.79 Å². The number of aryl methyl sites for hydroxylation is 2. The maximum absolute atomic E-state index is 14.0. The summed E-state index contributed by atoms with van der Waals surface area (Å²) in [7, 11) is 0. The number of halogens is 2. The van der Waals surface area contributed by atoms with Crippen LogP contribution in [-0.2, 0) is 6.54 Å². The average Bonchev–Trinajstić information content (AvgIpc) is 3.47. The largest absolute Gasteiger partial charge is 0.312 e. The second-order valence-corrected chi connectivity index (χ2v) is 10.7. The van der Waals surface area contributed by atoms with E-state index in [0.717, 1.165) is 53.1 Å². The lowest BCUT2D eigenvalue weighted by molar-refractivity contribution is 0.0987. The Bertz CT molecular complexity index is 1260. The van der Waals surface area contributed by atoms with Gasteiger partial charge in [0.1, 0.15) is 0 Å². The monoisotopic (exact) mass is 496 g/mol.